The predicted octanol–water partition coefficient (Wildman–Crippen LogP) is 2.77. The van der Waals surface area contributed by atoms with Gasteiger partial charge in [0.05, 0.1) is 11.5 Å². The first-order valence-electron chi connectivity index (χ1n) is 9.32. The van der Waals surface area contributed by atoms with Crippen molar-refractivity contribution in [2.24, 2.45) is 5.73 Å². The minimum Gasteiger partial charge on any atom is -0.454 e. The lowest BCUT2D eigenvalue weighted by molar-refractivity contribution is 0.174. The van der Waals surface area contributed by atoms with Crippen molar-refractivity contribution in [3.63, 3.8) is 0 Å². The fourth-order valence-corrected chi connectivity index (χ4v) is 3.85. The van der Waals surface area contributed by atoms with Gasteiger partial charge in [-0.15, -0.1) is 0 Å². The van der Waals surface area contributed by atoms with Crippen LogP contribution in [0.5, 0.6) is 17.2 Å². The summed E-state index contributed by atoms with van der Waals surface area (Å²) < 4.78 is 18.3. The Kier molecular flexibility index (Phi) is 4.47. The highest BCUT2D eigenvalue weighted by molar-refractivity contribution is 5.57. The molecule has 4 rings (SSSR count). The average Bonchev–Trinajstić information content (AvgIpc) is 3.15. The lowest BCUT2D eigenvalue weighted by Gasteiger charge is -2.27. The third-order valence-corrected chi connectivity index (χ3v) is 5.12. The Hall–Kier alpha value is -3.40. The molecule has 0 amide bonds. The summed E-state index contributed by atoms with van der Waals surface area (Å²) in [7, 11) is 0. The van der Waals surface area contributed by atoms with Crippen molar-refractivity contribution >= 4 is 0 Å². The number of nitrogens with two attached hydrogens (primary N) is 1. The lowest BCUT2D eigenvalue weighted by atomic mass is 9.83. The van der Waals surface area contributed by atoms with E-state index in [2.05, 4.69) is 13.0 Å². The first-order chi connectivity index (χ1) is 13.6. The number of hydrogen-bond donors (Lipinski definition) is 1. The zero-order chi connectivity index (χ0) is 19.8. The number of allylic oxidation sites excluding steroid dienone is 1. The summed E-state index contributed by atoms with van der Waals surface area (Å²) in [5.74, 6) is 1.03. The van der Waals surface area contributed by atoms with Gasteiger partial charge in [-0.1, -0.05) is 19.4 Å². The Morgan fingerprint density at radius 1 is 1.21 bits per heavy atom. The Bertz CT molecular complexity index is 1080. The van der Waals surface area contributed by atoms with E-state index in [9.17, 15) is 10.1 Å². The molecule has 1 unspecified atom stereocenters. The van der Waals surface area contributed by atoms with Crippen LogP contribution in [0.25, 0.3) is 0 Å². The van der Waals surface area contributed by atoms with Crippen molar-refractivity contribution in [2.45, 2.75) is 39.2 Å². The normalized spacial score (nSPS) is 17.1. The van der Waals surface area contributed by atoms with Gasteiger partial charge in [0.1, 0.15) is 17.4 Å². The number of aromatic nitrogens is 1. The molecule has 0 spiro atoms. The van der Waals surface area contributed by atoms with E-state index in [1.54, 1.807) is 16.7 Å². The molecule has 2 N–H and O–H groups in total. The van der Waals surface area contributed by atoms with Gasteiger partial charge in [0, 0.05) is 18.3 Å². The van der Waals surface area contributed by atoms with E-state index in [1.165, 1.54) is 0 Å². The van der Waals surface area contributed by atoms with E-state index in [0.717, 1.165) is 24.1 Å². The summed E-state index contributed by atoms with van der Waals surface area (Å²) >= 11 is 0. The molecular formula is C21H21N3O4. The van der Waals surface area contributed by atoms with E-state index in [4.69, 9.17) is 19.9 Å². The fraction of sp³-hybridized carbons (Fsp3) is 0.333. The van der Waals surface area contributed by atoms with Crippen LogP contribution in [0.1, 0.15) is 43.0 Å². The maximum atomic E-state index is 13.4. The zero-order valence-corrected chi connectivity index (χ0v) is 15.8. The standard InChI is InChI=1S/C21H21N3O4/c1-3-5-13-9-17-19(21(25)24(13)4-2)18(14(10-22)20(23)28-17)12-6-7-15-16(8-12)27-11-26-15/h6-9,18H,3-5,11,23H2,1-2H3. The molecule has 2 aliphatic heterocycles. The van der Waals surface area contributed by atoms with Crippen LogP contribution < -0.4 is 25.5 Å². The number of pyridine rings is 1. The fourth-order valence-electron chi connectivity index (χ4n) is 3.85. The quantitative estimate of drug-likeness (QED) is 0.877. The van der Waals surface area contributed by atoms with Gasteiger partial charge >= 0.3 is 0 Å². The molecule has 7 nitrogen and oxygen atoms in total. The lowest BCUT2D eigenvalue weighted by Crippen LogP contribution is -2.33. The van der Waals surface area contributed by atoms with Crippen molar-refractivity contribution in [1.82, 2.24) is 4.57 Å². The zero-order valence-electron chi connectivity index (χ0n) is 15.8. The summed E-state index contributed by atoms with van der Waals surface area (Å²) in [4.78, 5) is 13.4. The van der Waals surface area contributed by atoms with Crippen LogP contribution in [0.15, 0.2) is 40.5 Å². The van der Waals surface area contributed by atoms with Gasteiger partial charge in [-0.05, 0) is 31.0 Å². The number of aryl methyl sites for hydroxylation is 1. The molecule has 0 saturated heterocycles. The van der Waals surface area contributed by atoms with E-state index in [-0.39, 0.29) is 23.8 Å². The molecule has 28 heavy (non-hydrogen) atoms. The Labute approximate surface area is 162 Å². The summed E-state index contributed by atoms with van der Waals surface area (Å²) in [5, 5.41) is 9.74. The van der Waals surface area contributed by atoms with E-state index < -0.39 is 5.92 Å². The minimum atomic E-state index is -0.621. The van der Waals surface area contributed by atoms with Crippen LogP contribution in [0.4, 0.5) is 0 Å². The van der Waals surface area contributed by atoms with Crippen LogP contribution in [-0.2, 0) is 13.0 Å². The van der Waals surface area contributed by atoms with Gasteiger partial charge in [0.15, 0.2) is 11.5 Å². The first kappa shape index (κ1) is 18.0. The molecule has 0 saturated carbocycles. The van der Waals surface area contributed by atoms with E-state index >= 15 is 0 Å². The Balaban J connectivity index is 1.96. The van der Waals surface area contributed by atoms with Crippen molar-refractivity contribution in [2.75, 3.05) is 6.79 Å². The van der Waals surface area contributed by atoms with Crippen LogP contribution in [0.3, 0.4) is 0 Å². The summed E-state index contributed by atoms with van der Waals surface area (Å²) in [6.45, 7) is 4.68. The summed E-state index contributed by atoms with van der Waals surface area (Å²) in [6, 6.07) is 9.39. The second-order valence-corrected chi connectivity index (χ2v) is 6.75. The molecular weight excluding hydrogens is 358 g/mol. The van der Waals surface area contributed by atoms with Gasteiger partial charge in [0.2, 0.25) is 12.7 Å². The predicted molar refractivity (Wildman–Crippen MR) is 102 cm³/mol. The average molecular weight is 379 g/mol. The Morgan fingerprint density at radius 2 is 2.00 bits per heavy atom. The van der Waals surface area contributed by atoms with E-state index in [1.807, 2.05) is 19.1 Å². The molecule has 0 bridgehead atoms. The maximum absolute atomic E-state index is 13.4. The first-order valence-corrected chi connectivity index (χ1v) is 9.32. The summed E-state index contributed by atoms with van der Waals surface area (Å²) in [5.41, 5.74) is 8.17. The minimum absolute atomic E-state index is 0.0220. The van der Waals surface area contributed by atoms with Gasteiger partial charge in [0.25, 0.3) is 5.56 Å². The third-order valence-electron chi connectivity index (χ3n) is 5.12. The SMILES string of the molecule is CCCc1cc2c(c(=O)n1CC)C(c1ccc3c(c1)OCO3)C(C#N)=C(N)O2. The number of hydrogen-bond acceptors (Lipinski definition) is 6. The van der Waals surface area contributed by atoms with Crippen LogP contribution in [-0.4, -0.2) is 11.4 Å². The van der Waals surface area contributed by atoms with Gasteiger partial charge in [-0.25, -0.2) is 0 Å². The molecule has 1 aromatic carbocycles. The molecule has 3 heterocycles. The van der Waals surface area contributed by atoms with Gasteiger partial charge in [-0.3, -0.25) is 4.79 Å². The van der Waals surface area contributed by atoms with Crippen LogP contribution >= 0.6 is 0 Å². The largest absolute Gasteiger partial charge is 0.454 e. The second-order valence-electron chi connectivity index (χ2n) is 6.75. The van der Waals surface area contributed by atoms with Crippen LogP contribution in [0.2, 0.25) is 0 Å². The number of ether oxygens (including phenoxy) is 3. The number of nitrogens with zero attached hydrogens (tertiary/aromatic N) is 2. The van der Waals surface area contributed by atoms with Gasteiger partial charge < -0.3 is 24.5 Å². The highest BCUT2D eigenvalue weighted by Gasteiger charge is 2.35. The topological polar surface area (TPSA) is 99.5 Å². The summed E-state index contributed by atoms with van der Waals surface area (Å²) in [6.07, 6.45) is 1.65. The van der Waals surface area contributed by atoms with Crippen molar-refractivity contribution in [1.29, 1.82) is 5.26 Å². The van der Waals surface area contributed by atoms with Crippen molar-refractivity contribution < 1.29 is 14.2 Å². The molecule has 1 atom stereocenters. The number of rotatable bonds is 4. The maximum Gasteiger partial charge on any atom is 0.258 e. The second kappa shape index (κ2) is 6.97. The molecule has 2 aromatic rings. The molecule has 0 radical (unpaired) electrons. The highest BCUT2D eigenvalue weighted by atomic mass is 16.7. The number of benzene rings is 1. The molecule has 1 aromatic heterocycles. The highest BCUT2D eigenvalue weighted by Crippen LogP contribution is 2.43. The third kappa shape index (κ3) is 2.69. The van der Waals surface area contributed by atoms with E-state index in [0.29, 0.717) is 29.4 Å². The van der Waals surface area contributed by atoms with Gasteiger partial charge in [-0.2, -0.15) is 5.26 Å². The molecule has 0 aliphatic carbocycles. The number of fused-ring (bicyclic) bond motifs is 2. The van der Waals surface area contributed by atoms with Crippen molar-refractivity contribution in [3.05, 3.63) is 62.9 Å². The smallest absolute Gasteiger partial charge is 0.258 e. The molecule has 2 aliphatic rings. The Morgan fingerprint density at radius 3 is 2.71 bits per heavy atom. The molecule has 144 valence electrons. The van der Waals surface area contributed by atoms with Crippen LogP contribution in [0, 0.1) is 11.3 Å². The molecule has 7 heteroatoms. The molecule has 0 fully saturated rings. The monoisotopic (exact) mass is 379 g/mol. The number of nitriles is 1. The van der Waals surface area contributed by atoms with Crippen molar-refractivity contribution in [3.8, 4) is 23.3 Å².